The number of ether oxygens (including phenoxy) is 2. The number of benzene rings is 1. The molecule has 0 unspecified atom stereocenters. The third kappa shape index (κ3) is 3.95. The molecule has 29 heavy (non-hydrogen) atoms. The quantitative estimate of drug-likeness (QED) is 0.735. The molecule has 7 nitrogen and oxygen atoms in total. The van der Waals surface area contributed by atoms with Crippen LogP contribution in [0.3, 0.4) is 0 Å². The molecule has 1 amide bonds. The molecule has 0 bridgehead atoms. The number of fused-ring (bicyclic) bond motifs is 1. The fourth-order valence-corrected chi connectivity index (χ4v) is 5.99. The van der Waals surface area contributed by atoms with Gasteiger partial charge in [0.25, 0.3) is 15.9 Å². The van der Waals surface area contributed by atoms with Crippen molar-refractivity contribution in [2.75, 3.05) is 25.1 Å². The number of anilines is 1. The summed E-state index contributed by atoms with van der Waals surface area (Å²) in [5.74, 6) is 0.414. The Hall–Kier alpha value is -2.22. The van der Waals surface area contributed by atoms with Crippen molar-refractivity contribution in [2.45, 2.75) is 58.4 Å². The summed E-state index contributed by atoms with van der Waals surface area (Å²) < 4.78 is 38.7. The summed E-state index contributed by atoms with van der Waals surface area (Å²) in [5, 5.41) is 2.98. The number of nitrogens with zero attached hydrogens (tertiary/aromatic N) is 1. The van der Waals surface area contributed by atoms with E-state index >= 15 is 0 Å². The largest absolute Gasteiger partial charge is 0.493 e. The average molecular weight is 423 g/mol. The molecule has 0 radical (unpaired) electrons. The van der Waals surface area contributed by atoms with E-state index < -0.39 is 15.9 Å². The number of methoxy groups -OCH3 is 2. The molecule has 1 heterocycles. The van der Waals surface area contributed by atoms with E-state index in [4.69, 9.17) is 9.47 Å². The van der Waals surface area contributed by atoms with Crippen molar-refractivity contribution in [3.8, 4) is 11.5 Å². The van der Waals surface area contributed by atoms with E-state index in [1.54, 1.807) is 26.0 Å². The van der Waals surface area contributed by atoms with Crippen LogP contribution in [0.1, 0.15) is 57.9 Å². The third-order valence-electron chi connectivity index (χ3n) is 5.75. The number of sulfonamides is 1. The summed E-state index contributed by atoms with van der Waals surface area (Å²) in [6.07, 6.45) is 6.19. The molecule has 1 aliphatic carbocycles. The van der Waals surface area contributed by atoms with Gasteiger partial charge in [0.05, 0.1) is 19.9 Å². The highest BCUT2D eigenvalue weighted by molar-refractivity contribution is 7.97. The standard InChI is InChI=1S/C21H30N2O5S/c1-5-23-17-13-19(28-4)18(27-3)12-16(17)14(2)20(29(23,25)26)21(24)22-15-10-8-6-7-9-11-15/h12-13,15H,5-11H2,1-4H3,(H,22,24). The summed E-state index contributed by atoms with van der Waals surface area (Å²) in [5.41, 5.74) is 1.58. The van der Waals surface area contributed by atoms with E-state index in [2.05, 4.69) is 5.32 Å². The molecule has 1 N–H and O–H groups in total. The average Bonchev–Trinajstić information content (AvgIpc) is 2.95. The van der Waals surface area contributed by atoms with Gasteiger partial charge in [-0.05, 0) is 38.3 Å². The van der Waals surface area contributed by atoms with E-state index in [1.807, 2.05) is 0 Å². The van der Waals surface area contributed by atoms with Gasteiger partial charge >= 0.3 is 0 Å². The number of allylic oxidation sites excluding steroid dienone is 1. The molecule has 1 saturated carbocycles. The van der Waals surface area contributed by atoms with Crippen molar-refractivity contribution in [1.82, 2.24) is 5.32 Å². The van der Waals surface area contributed by atoms with Crippen LogP contribution in [0.25, 0.3) is 5.57 Å². The number of hydrogen-bond acceptors (Lipinski definition) is 5. The Balaban J connectivity index is 2.08. The Bertz CT molecular complexity index is 915. The number of rotatable bonds is 5. The number of amides is 1. The third-order valence-corrected chi connectivity index (χ3v) is 7.79. The highest BCUT2D eigenvalue weighted by Gasteiger charge is 2.40. The predicted molar refractivity (Wildman–Crippen MR) is 114 cm³/mol. The molecule has 1 fully saturated rings. The first-order valence-electron chi connectivity index (χ1n) is 10.2. The van der Waals surface area contributed by atoms with Gasteiger partial charge in [-0.2, -0.15) is 0 Å². The number of nitrogens with one attached hydrogen (secondary N) is 1. The molecule has 1 aliphatic heterocycles. The summed E-state index contributed by atoms with van der Waals surface area (Å²) in [6, 6.07) is 3.40. The summed E-state index contributed by atoms with van der Waals surface area (Å²) in [7, 11) is -0.942. The first-order valence-corrected chi connectivity index (χ1v) is 11.6. The van der Waals surface area contributed by atoms with Crippen molar-refractivity contribution in [2.24, 2.45) is 0 Å². The van der Waals surface area contributed by atoms with E-state index in [0.29, 0.717) is 28.3 Å². The maximum Gasteiger partial charge on any atom is 0.270 e. The molecular weight excluding hydrogens is 392 g/mol. The lowest BCUT2D eigenvalue weighted by atomic mass is 10.0. The summed E-state index contributed by atoms with van der Waals surface area (Å²) in [6.45, 7) is 3.63. The first-order chi connectivity index (χ1) is 13.8. The summed E-state index contributed by atoms with van der Waals surface area (Å²) in [4.78, 5) is 12.9. The molecule has 1 aromatic carbocycles. The number of carbonyl (C=O) groups is 1. The van der Waals surface area contributed by atoms with Gasteiger partial charge in [-0.1, -0.05) is 25.7 Å². The van der Waals surface area contributed by atoms with E-state index in [-0.39, 0.29) is 17.5 Å². The van der Waals surface area contributed by atoms with Crippen molar-refractivity contribution < 1.29 is 22.7 Å². The molecule has 0 saturated heterocycles. The van der Waals surface area contributed by atoms with Gasteiger partial charge in [0, 0.05) is 24.2 Å². The number of hydrogen-bond donors (Lipinski definition) is 1. The number of carbonyl (C=O) groups excluding carboxylic acids is 1. The second kappa shape index (κ2) is 8.65. The van der Waals surface area contributed by atoms with Gasteiger partial charge in [-0.25, -0.2) is 8.42 Å². The zero-order chi connectivity index (χ0) is 21.2. The minimum Gasteiger partial charge on any atom is -0.493 e. The summed E-state index contributed by atoms with van der Waals surface area (Å²) >= 11 is 0. The van der Waals surface area contributed by atoms with Crippen molar-refractivity contribution in [3.63, 3.8) is 0 Å². The van der Waals surface area contributed by atoms with Crippen LogP contribution < -0.4 is 19.1 Å². The van der Waals surface area contributed by atoms with Crippen LogP contribution >= 0.6 is 0 Å². The zero-order valence-corrected chi connectivity index (χ0v) is 18.4. The van der Waals surface area contributed by atoms with Crippen molar-refractivity contribution in [1.29, 1.82) is 0 Å². The smallest absolute Gasteiger partial charge is 0.270 e. The van der Waals surface area contributed by atoms with Gasteiger partial charge < -0.3 is 14.8 Å². The predicted octanol–water partition coefficient (Wildman–Crippen LogP) is 3.44. The Morgan fingerprint density at radius 3 is 2.24 bits per heavy atom. The lowest BCUT2D eigenvalue weighted by molar-refractivity contribution is -0.117. The van der Waals surface area contributed by atoms with Crippen LogP contribution in [0.15, 0.2) is 17.0 Å². The normalized spacial score (nSPS) is 19.4. The van der Waals surface area contributed by atoms with Gasteiger partial charge in [0.15, 0.2) is 16.4 Å². The molecule has 0 spiro atoms. The zero-order valence-electron chi connectivity index (χ0n) is 17.6. The Labute approximate surface area is 173 Å². The van der Waals surface area contributed by atoms with Gasteiger partial charge in [-0.15, -0.1) is 0 Å². The lowest BCUT2D eigenvalue weighted by Gasteiger charge is -2.32. The Kier molecular flexibility index (Phi) is 6.41. The first kappa shape index (κ1) is 21.5. The minimum atomic E-state index is -3.98. The van der Waals surface area contributed by atoms with E-state index in [0.717, 1.165) is 38.5 Å². The molecule has 0 aromatic heterocycles. The van der Waals surface area contributed by atoms with Crippen LogP contribution in [0, 0.1) is 0 Å². The highest BCUT2D eigenvalue weighted by atomic mass is 32.2. The molecule has 3 rings (SSSR count). The minimum absolute atomic E-state index is 0.0161. The highest BCUT2D eigenvalue weighted by Crippen LogP contribution is 2.44. The van der Waals surface area contributed by atoms with Crippen LogP contribution in [0.4, 0.5) is 5.69 Å². The molecule has 8 heteroatoms. The van der Waals surface area contributed by atoms with Gasteiger partial charge in [0.1, 0.15) is 0 Å². The molecule has 1 aromatic rings. The molecular formula is C21H30N2O5S. The van der Waals surface area contributed by atoms with E-state index in [9.17, 15) is 13.2 Å². The lowest BCUT2D eigenvalue weighted by Crippen LogP contribution is -2.43. The van der Waals surface area contributed by atoms with Crippen LogP contribution in [-0.4, -0.2) is 41.1 Å². The van der Waals surface area contributed by atoms with Crippen molar-refractivity contribution in [3.05, 3.63) is 22.6 Å². The Morgan fingerprint density at radius 1 is 1.10 bits per heavy atom. The van der Waals surface area contributed by atoms with Crippen molar-refractivity contribution >= 4 is 27.2 Å². The van der Waals surface area contributed by atoms with Gasteiger partial charge in [-0.3, -0.25) is 9.10 Å². The SMILES string of the molecule is CCN1c2cc(OC)c(OC)cc2C(C)=C(C(=O)NC2CCCCCC2)S1(=O)=O. The maximum atomic E-state index is 13.4. The fraction of sp³-hybridized carbons (Fsp3) is 0.571. The monoisotopic (exact) mass is 422 g/mol. The second-order valence-electron chi connectivity index (χ2n) is 7.51. The topological polar surface area (TPSA) is 84.9 Å². The Morgan fingerprint density at radius 2 is 1.69 bits per heavy atom. The maximum absolute atomic E-state index is 13.4. The molecule has 160 valence electrons. The van der Waals surface area contributed by atoms with E-state index in [1.165, 1.54) is 18.5 Å². The van der Waals surface area contributed by atoms with Gasteiger partial charge in [0.2, 0.25) is 0 Å². The molecule has 0 atom stereocenters. The van der Waals surface area contributed by atoms with Crippen LogP contribution in [0.2, 0.25) is 0 Å². The van der Waals surface area contributed by atoms with Crippen LogP contribution in [-0.2, 0) is 14.8 Å². The van der Waals surface area contributed by atoms with Crippen LogP contribution in [0.5, 0.6) is 11.5 Å². The molecule has 2 aliphatic rings. The second-order valence-corrected chi connectivity index (χ2v) is 9.31. The fourth-order valence-electron chi connectivity index (χ4n) is 4.23.